The molecule has 0 bridgehead atoms. The lowest BCUT2D eigenvalue weighted by Crippen LogP contribution is -2.30. The molecule has 27 heavy (non-hydrogen) atoms. The van der Waals surface area contributed by atoms with Gasteiger partial charge in [-0.1, -0.05) is 36.4 Å². The molecule has 0 radical (unpaired) electrons. The van der Waals surface area contributed by atoms with Crippen molar-refractivity contribution < 1.29 is 27.5 Å². The minimum Gasteiger partial charge on any atom is -0.406 e. The van der Waals surface area contributed by atoms with E-state index in [1.807, 2.05) is 0 Å². The fourth-order valence-corrected chi connectivity index (χ4v) is 3.01. The molecule has 0 aliphatic carbocycles. The number of carbonyl (C=O) groups is 2. The topological polar surface area (TPSA) is 67.4 Å². The Labute approximate surface area is 153 Å². The van der Waals surface area contributed by atoms with Gasteiger partial charge in [0.2, 0.25) is 5.91 Å². The van der Waals surface area contributed by atoms with E-state index in [1.165, 1.54) is 18.2 Å². The summed E-state index contributed by atoms with van der Waals surface area (Å²) in [6, 6.07) is 12.4. The lowest BCUT2D eigenvalue weighted by Gasteiger charge is -2.14. The number of nitrogens with one attached hydrogen (secondary N) is 2. The molecule has 0 fully saturated rings. The van der Waals surface area contributed by atoms with Crippen LogP contribution in [0.4, 0.5) is 13.2 Å². The van der Waals surface area contributed by atoms with Crippen molar-refractivity contribution in [2.24, 2.45) is 0 Å². The van der Waals surface area contributed by atoms with E-state index in [-0.39, 0.29) is 37.0 Å². The Morgan fingerprint density at radius 2 is 1.81 bits per heavy atom. The second kappa shape index (κ2) is 7.69. The number of fused-ring (bicyclic) bond motifs is 1. The van der Waals surface area contributed by atoms with Gasteiger partial charge in [-0.05, 0) is 29.7 Å². The molecule has 0 spiro atoms. The summed E-state index contributed by atoms with van der Waals surface area (Å²) in [5.74, 6) is -0.802. The van der Waals surface area contributed by atoms with Gasteiger partial charge >= 0.3 is 6.36 Å². The summed E-state index contributed by atoms with van der Waals surface area (Å²) < 4.78 is 41.3. The van der Waals surface area contributed by atoms with Gasteiger partial charge in [-0.15, -0.1) is 13.2 Å². The molecule has 0 aromatic heterocycles. The number of benzene rings is 2. The van der Waals surface area contributed by atoms with Crippen LogP contribution >= 0.6 is 0 Å². The fourth-order valence-electron chi connectivity index (χ4n) is 3.01. The summed E-state index contributed by atoms with van der Waals surface area (Å²) >= 11 is 0. The first-order chi connectivity index (χ1) is 12.8. The molecule has 1 aliphatic heterocycles. The normalized spacial score (nSPS) is 15.8. The third-order valence-corrected chi connectivity index (χ3v) is 4.19. The Kier molecular flexibility index (Phi) is 5.34. The minimum atomic E-state index is -4.77. The first kappa shape index (κ1) is 18.8. The SMILES string of the molecule is O=C(CC1NC(=O)c2ccccc21)NCCc1ccccc1OC(F)(F)F. The first-order valence-corrected chi connectivity index (χ1v) is 8.33. The average Bonchev–Trinajstić information content (AvgIpc) is 2.91. The molecular formula is C19H17F3N2O3. The maximum absolute atomic E-state index is 12.4. The van der Waals surface area contributed by atoms with Gasteiger partial charge in [0.05, 0.1) is 12.5 Å². The molecule has 142 valence electrons. The number of ether oxygens (including phenoxy) is 1. The molecule has 1 atom stereocenters. The van der Waals surface area contributed by atoms with E-state index in [0.29, 0.717) is 11.1 Å². The number of hydrogen-bond donors (Lipinski definition) is 2. The lowest BCUT2D eigenvalue weighted by atomic mass is 10.0. The van der Waals surface area contributed by atoms with Gasteiger partial charge in [0.15, 0.2) is 0 Å². The van der Waals surface area contributed by atoms with E-state index in [0.717, 1.165) is 5.56 Å². The quantitative estimate of drug-likeness (QED) is 0.812. The fraction of sp³-hybridized carbons (Fsp3) is 0.263. The van der Waals surface area contributed by atoms with E-state index in [9.17, 15) is 22.8 Å². The van der Waals surface area contributed by atoms with Crippen LogP contribution in [-0.4, -0.2) is 24.7 Å². The molecular weight excluding hydrogens is 361 g/mol. The molecule has 0 saturated carbocycles. The van der Waals surface area contributed by atoms with Crippen LogP contribution in [0.1, 0.15) is 33.9 Å². The Bertz CT molecular complexity index is 852. The second-order valence-electron chi connectivity index (χ2n) is 6.07. The zero-order valence-electron chi connectivity index (χ0n) is 14.2. The Hall–Kier alpha value is -3.03. The van der Waals surface area contributed by atoms with Crippen molar-refractivity contribution in [2.75, 3.05) is 6.54 Å². The van der Waals surface area contributed by atoms with E-state index >= 15 is 0 Å². The zero-order valence-corrected chi connectivity index (χ0v) is 14.2. The zero-order chi connectivity index (χ0) is 19.4. The van der Waals surface area contributed by atoms with Crippen molar-refractivity contribution >= 4 is 11.8 Å². The minimum absolute atomic E-state index is 0.0590. The van der Waals surface area contributed by atoms with Crippen LogP contribution < -0.4 is 15.4 Å². The van der Waals surface area contributed by atoms with Gasteiger partial charge in [0.25, 0.3) is 5.91 Å². The largest absolute Gasteiger partial charge is 0.573 e. The third-order valence-electron chi connectivity index (χ3n) is 4.19. The molecule has 1 unspecified atom stereocenters. The van der Waals surface area contributed by atoms with Gasteiger partial charge in [0.1, 0.15) is 5.75 Å². The van der Waals surface area contributed by atoms with E-state index in [4.69, 9.17) is 0 Å². The molecule has 1 aliphatic rings. The predicted molar refractivity (Wildman–Crippen MR) is 91.1 cm³/mol. The second-order valence-corrected chi connectivity index (χ2v) is 6.07. The maximum Gasteiger partial charge on any atom is 0.573 e. The van der Waals surface area contributed by atoms with Crippen LogP contribution in [0, 0.1) is 0 Å². The predicted octanol–water partition coefficient (Wildman–Crippen LogP) is 3.12. The summed E-state index contributed by atoms with van der Waals surface area (Å²) in [5.41, 5.74) is 1.66. The van der Waals surface area contributed by atoms with E-state index < -0.39 is 12.4 Å². The Morgan fingerprint density at radius 3 is 2.59 bits per heavy atom. The molecule has 2 N–H and O–H groups in total. The number of hydrogen-bond acceptors (Lipinski definition) is 3. The summed E-state index contributed by atoms with van der Waals surface area (Å²) in [4.78, 5) is 24.0. The molecule has 8 heteroatoms. The van der Waals surface area contributed by atoms with Gasteiger partial charge in [-0.2, -0.15) is 0 Å². The summed E-state index contributed by atoms with van der Waals surface area (Å²) in [5, 5.41) is 5.42. The van der Waals surface area contributed by atoms with E-state index in [2.05, 4.69) is 15.4 Å². The van der Waals surface area contributed by atoms with Crippen molar-refractivity contribution in [3.63, 3.8) is 0 Å². The number of carbonyl (C=O) groups excluding carboxylic acids is 2. The lowest BCUT2D eigenvalue weighted by molar-refractivity contribution is -0.274. The highest BCUT2D eigenvalue weighted by Gasteiger charge is 2.32. The molecule has 3 rings (SSSR count). The van der Waals surface area contributed by atoms with Crippen molar-refractivity contribution in [1.82, 2.24) is 10.6 Å². The number of amides is 2. The van der Waals surface area contributed by atoms with Crippen LogP contribution in [0.15, 0.2) is 48.5 Å². The maximum atomic E-state index is 12.4. The van der Waals surface area contributed by atoms with Crippen LogP contribution in [-0.2, 0) is 11.2 Å². The van der Waals surface area contributed by atoms with Crippen molar-refractivity contribution in [3.05, 3.63) is 65.2 Å². The van der Waals surface area contributed by atoms with Crippen molar-refractivity contribution in [3.8, 4) is 5.75 Å². The Balaban J connectivity index is 1.53. The van der Waals surface area contributed by atoms with Crippen LogP contribution in [0.25, 0.3) is 0 Å². The molecule has 0 saturated heterocycles. The van der Waals surface area contributed by atoms with Gasteiger partial charge in [0, 0.05) is 12.1 Å². The molecule has 2 amide bonds. The summed E-state index contributed by atoms with van der Waals surface area (Å²) in [7, 11) is 0. The number of rotatable bonds is 6. The highest BCUT2D eigenvalue weighted by atomic mass is 19.4. The number of halogens is 3. The summed E-state index contributed by atoms with van der Waals surface area (Å²) in [6.45, 7) is 0.152. The highest BCUT2D eigenvalue weighted by Crippen LogP contribution is 2.28. The Morgan fingerprint density at radius 1 is 1.11 bits per heavy atom. The van der Waals surface area contributed by atoms with Gasteiger partial charge in [-0.25, -0.2) is 0 Å². The van der Waals surface area contributed by atoms with Crippen LogP contribution in [0.2, 0.25) is 0 Å². The van der Waals surface area contributed by atoms with Crippen molar-refractivity contribution in [2.45, 2.75) is 25.2 Å². The van der Waals surface area contributed by atoms with E-state index in [1.54, 1.807) is 30.3 Å². The molecule has 2 aromatic rings. The monoisotopic (exact) mass is 378 g/mol. The number of alkyl halides is 3. The first-order valence-electron chi connectivity index (χ1n) is 8.33. The van der Waals surface area contributed by atoms with Crippen LogP contribution in [0.5, 0.6) is 5.75 Å². The summed E-state index contributed by atoms with van der Waals surface area (Å²) in [6.07, 6.45) is -4.53. The molecule has 5 nitrogen and oxygen atoms in total. The highest BCUT2D eigenvalue weighted by molar-refractivity contribution is 5.99. The van der Waals surface area contributed by atoms with Gasteiger partial charge < -0.3 is 15.4 Å². The average molecular weight is 378 g/mol. The van der Waals surface area contributed by atoms with Gasteiger partial charge in [-0.3, -0.25) is 9.59 Å². The standard InChI is InChI=1S/C19H17F3N2O3/c20-19(21,22)27-16-8-4-1-5-12(16)9-10-23-17(25)11-15-13-6-2-3-7-14(13)18(26)24-15/h1-8,15H,9-11H2,(H,23,25)(H,24,26). The molecule has 2 aromatic carbocycles. The third kappa shape index (κ3) is 4.78. The van der Waals surface area contributed by atoms with Crippen molar-refractivity contribution in [1.29, 1.82) is 0 Å². The van der Waals surface area contributed by atoms with Crippen LogP contribution in [0.3, 0.4) is 0 Å². The number of para-hydroxylation sites is 1. The molecule has 1 heterocycles. The smallest absolute Gasteiger partial charge is 0.406 e.